The molecule has 0 heterocycles. The van der Waals surface area contributed by atoms with Crippen molar-refractivity contribution >= 4 is 12.2 Å². The van der Waals surface area contributed by atoms with Gasteiger partial charge in [-0.15, -0.1) is 0 Å². The van der Waals surface area contributed by atoms with Crippen molar-refractivity contribution in [2.24, 2.45) is 0 Å². The third-order valence-corrected chi connectivity index (χ3v) is 2.17. The lowest BCUT2D eigenvalue weighted by molar-refractivity contribution is -0.122. The van der Waals surface area contributed by atoms with Crippen LogP contribution in [0.25, 0.3) is 0 Å². The molecule has 1 aromatic carbocycles. The third-order valence-electron chi connectivity index (χ3n) is 2.17. The number of ether oxygens (including phenoxy) is 1. The first kappa shape index (κ1) is 12.2. The number of amides is 1. The van der Waals surface area contributed by atoms with Crippen molar-refractivity contribution in [3.63, 3.8) is 0 Å². The van der Waals surface area contributed by atoms with Gasteiger partial charge in [-0.05, 0) is 24.1 Å². The molecule has 1 amide bonds. The maximum absolute atomic E-state index is 10.8. The highest BCUT2D eigenvalue weighted by Gasteiger charge is 2.09. The maximum Gasteiger partial charge on any atom is 0.217 e. The average molecular weight is 221 g/mol. The molecule has 0 aromatic heterocycles. The van der Waals surface area contributed by atoms with Crippen molar-refractivity contribution in [2.45, 2.75) is 19.4 Å². The minimum absolute atomic E-state index is 0.203. The summed E-state index contributed by atoms with van der Waals surface area (Å²) in [6.45, 7) is 1.39. The zero-order chi connectivity index (χ0) is 12.0. The molecule has 0 radical (unpaired) electrons. The molecular formula is C12H15NO3. The van der Waals surface area contributed by atoms with Gasteiger partial charge in [0.15, 0.2) is 0 Å². The second-order valence-corrected chi connectivity index (χ2v) is 3.50. The number of methoxy groups -OCH3 is 1. The van der Waals surface area contributed by atoms with Crippen molar-refractivity contribution < 1.29 is 14.3 Å². The lowest BCUT2D eigenvalue weighted by Crippen LogP contribution is -2.35. The highest BCUT2D eigenvalue weighted by molar-refractivity contribution is 5.77. The van der Waals surface area contributed by atoms with Gasteiger partial charge in [0.05, 0.1) is 13.2 Å². The number of hydrogen-bond donors (Lipinski definition) is 1. The molecule has 1 N–H and O–H groups in total. The van der Waals surface area contributed by atoms with E-state index in [-0.39, 0.29) is 5.91 Å². The molecule has 86 valence electrons. The van der Waals surface area contributed by atoms with E-state index in [4.69, 9.17) is 4.74 Å². The van der Waals surface area contributed by atoms with E-state index in [2.05, 4.69) is 5.32 Å². The SMILES string of the molecule is COc1ccc(C[C@@H](C=O)NC(C)=O)cc1. The predicted octanol–water partition coefficient (Wildman–Crippen LogP) is 0.941. The standard InChI is InChI=1S/C12H15NO3/c1-9(15)13-11(8-14)7-10-3-5-12(16-2)6-4-10/h3-6,8,11H,7H2,1-2H3,(H,13,15)/t11-/m0/s1. The molecule has 4 nitrogen and oxygen atoms in total. The summed E-state index contributed by atoms with van der Waals surface area (Å²) < 4.78 is 5.03. The van der Waals surface area contributed by atoms with Gasteiger partial charge in [-0.25, -0.2) is 0 Å². The van der Waals surface area contributed by atoms with E-state index in [0.29, 0.717) is 6.42 Å². The Morgan fingerprint density at radius 2 is 2.06 bits per heavy atom. The lowest BCUT2D eigenvalue weighted by atomic mass is 10.1. The first-order valence-electron chi connectivity index (χ1n) is 5.01. The summed E-state index contributed by atoms with van der Waals surface area (Å²) in [5.74, 6) is 0.566. The topological polar surface area (TPSA) is 55.4 Å². The Balaban J connectivity index is 2.63. The Bertz CT molecular complexity index is 359. The van der Waals surface area contributed by atoms with Crippen LogP contribution >= 0.6 is 0 Å². The van der Waals surface area contributed by atoms with Gasteiger partial charge >= 0.3 is 0 Å². The van der Waals surface area contributed by atoms with E-state index in [1.165, 1.54) is 6.92 Å². The molecule has 0 unspecified atom stereocenters. The minimum Gasteiger partial charge on any atom is -0.497 e. The molecule has 0 aliphatic rings. The van der Waals surface area contributed by atoms with E-state index >= 15 is 0 Å². The van der Waals surface area contributed by atoms with Crippen molar-refractivity contribution in [1.29, 1.82) is 0 Å². The fraction of sp³-hybridized carbons (Fsp3) is 0.333. The molecule has 1 atom stereocenters. The fourth-order valence-corrected chi connectivity index (χ4v) is 1.41. The zero-order valence-corrected chi connectivity index (χ0v) is 9.40. The third kappa shape index (κ3) is 3.73. The van der Waals surface area contributed by atoms with Crippen LogP contribution in [0.4, 0.5) is 0 Å². The molecule has 0 aliphatic carbocycles. The Hall–Kier alpha value is -1.84. The number of rotatable bonds is 5. The largest absolute Gasteiger partial charge is 0.497 e. The average Bonchev–Trinajstić information content (AvgIpc) is 2.28. The summed E-state index contributed by atoms with van der Waals surface area (Å²) in [6.07, 6.45) is 1.23. The number of carbonyl (C=O) groups is 2. The van der Waals surface area contributed by atoms with Crippen LogP contribution in [0.2, 0.25) is 0 Å². The van der Waals surface area contributed by atoms with Crippen LogP contribution in [-0.2, 0) is 16.0 Å². The second kappa shape index (κ2) is 5.90. The molecular weight excluding hydrogens is 206 g/mol. The van der Waals surface area contributed by atoms with Gasteiger partial charge in [0, 0.05) is 6.92 Å². The molecule has 0 fully saturated rings. The van der Waals surface area contributed by atoms with Gasteiger partial charge in [0.2, 0.25) is 5.91 Å². The number of hydrogen-bond acceptors (Lipinski definition) is 3. The summed E-state index contributed by atoms with van der Waals surface area (Å²) >= 11 is 0. The van der Waals surface area contributed by atoms with E-state index in [0.717, 1.165) is 17.6 Å². The van der Waals surface area contributed by atoms with Crippen molar-refractivity contribution in [2.75, 3.05) is 7.11 Å². The van der Waals surface area contributed by atoms with Crippen LogP contribution in [-0.4, -0.2) is 25.3 Å². The highest BCUT2D eigenvalue weighted by atomic mass is 16.5. The maximum atomic E-state index is 10.8. The first-order chi connectivity index (χ1) is 7.65. The minimum atomic E-state index is -0.467. The number of nitrogens with one attached hydrogen (secondary N) is 1. The summed E-state index contributed by atoms with van der Waals surface area (Å²) in [4.78, 5) is 21.5. The molecule has 0 saturated heterocycles. The first-order valence-corrected chi connectivity index (χ1v) is 5.01. The molecule has 16 heavy (non-hydrogen) atoms. The van der Waals surface area contributed by atoms with Gasteiger partial charge in [0.25, 0.3) is 0 Å². The van der Waals surface area contributed by atoms with E-state index in [9.17, 15) is 9.59 Å². The van der Waals surface area contributed by atoms with Gasteiger partial charge in [0.1, 0.15) is 12.0 Å². The van der Waals surface area contributed by atoms with Gasteiger partial charge in [-0.1, -0.05) is 12.1 Å². The van der Waals surface area contributed by atoms with Crippen LogP contribution in [0.5, 0.6) is 5.75 Å². The Morgan fingerprint density at radius 3 is 2.50 bits per heavy atom. The van der Waals surface area contributed by atoms with E-state index < -0.39 is 6.04 Å². The quantitative estimate of drug-likeness (QED) is 0.753. The smallest absolute Gasteiger partial charge is 0.217 e. The molecule has 4 heteroatoms. The Kier molecular flexibility index (Phi) is 4.51. The van der Waals surface area contributed by atoms with Gasteiger partial charge in [-0.3, -0.25) is 4.79 Å². The Morgan fingerprint density at radius 1 is 1.44 bits per heavy atom. The summed E-state index contributed by atoms with van der Waals surface area (Å²) in [5.41, 5.74) is 0.978. The highest BCUT2D eigenvalue weighted by Crippen LogP contribution is 2.12. The van der Waals surface area contributed by atoms with Crippen LogP contribution in [0, 0.1) is 0 Å². The lowest BCUT2D eigenvalue weighted by Gasteiger charge is -2.11. The molecule has 1 rings (SSSR count). The molecule has 0 saturated carbocycles. The van der Waals surface area contributed by atoms with Crippen LogP contribution in [0.3, 0.4) is 0 Å². The van der Waals surface area contributed by atoms with E-state index in [1.54, 1.807) is 7.11 Å². The van der Waals surface area contributed by atoms with Crippen LogP contribution in [0.15, 0.2) is 24.3 Å². The molecule has 0 aliphatic heterocycles. The summed E-state index contributed by atoms with van der Waals surface area (Å²) in [6, 6.07) is 6.93. The summed E-state index contributed by atoms with van der Waals surface area (Å²) in [5, 5.41) is 2.57. The van der Waals surface area contributed by atoms with Crippen molar-refractivity contribution in [3.05, 3.63) is 29.8 Å². The Labute approximate surface area is 94.6 Å². The van der Waals surface area contributed by atoms with Crippen molar-refractivity contribution in [1.82, 2.24) is 5.32 Å². The monoisotopic (exact) mass is 221 g/mol. The molecule has 1 aromatic rings. The predicted molar refractivity (Wildman–Crippen MR) is 60.4 cm³/mol. The van der Waals surface area contributed by atoms with Crippen LogP contribution in [0.1, 0.15) is 12.5 Å². The number of benzene rings is 1. The molecule has 0 spiro atoms. The van der Waals surface area contributed by atoms with Gasteiger partial charge < -0.3 is 14.8 Å². The van der Waals surface area contributed by atoms with E-state index in [1.807, 2.05) is 24.3 Å². The van der Waals surface area contributed by atoms with Gasteiger partial charge in [-0.2, -0.15) is 0 Å². The fourth-order valence-electron chi connectivity index (χ4n) is 1.41. The molecule has 0 bridgehead atoms. The number of aldehydes is 1. The van der Waals surface area contributed by atoms with Crippen LogP contribution < -0.4 is 10.1 Å². The second-order valence-electron chi connectivity index (χ2n) is 3.50. The van der Waals surface area contributed by atoms with Crippen molar-refractivity contribution in [3.8, 4) is 5.75 Å². The number of carbonyl (C=O) groups excluding carboxylic acids is 2. The zero-order valence-electron chi connectivity index (χ0n) is 9.40. The normalized spacial score (nSPS) is 11.6. The summed E-state index contributed by atoms with van der Waals surface area (Å²) in [7, 11) is 1.60.